The van der Waals surface area contributed by atoms with Crippen molar-refractivity contribution in [3.8, 4) is 0 Å². The molecule has 1 aromatic carbocycles. The molecular formula is C12H17F2NO. The average molecular weight is 229 g/mol. The van der Waals surface area contributed by atoms with E-state index in [1.807, 2.05) is 6.92 Å². The van der Waals surface area contributed by atoms with Crippen molar-refractivity contribution in [3.63, 3.8) is 0 Å². The smallest absolute Gasteiger partial charge is 0.130 e. The van der Waals surface area contributed by atoms with Crippen LogP contribution in [-0.4, -0.2) is 18.3 Å². The predicted molar refractivity (Wildman–Crippen MR) is 58.9 cm³/mol. The summed E-state index contributed by atoms with van der Waals surface area (Å²) in [6.45, 7) is 3.25. The summed E-state index contributed by atoms with van der Waals surface area (Å²) < 4.78 is 25.8. The first-order valence-corrected chi connectivity index (χ1v) is 5.39. The second-order valence-corrected chi connectivity index (χ2v) is 3.98. The molecule has 0 aliphatic carbocycles. The van der Waals surface area contributed by atoms with Crippen molar-refractivity contribution < 1.29 is 13.9 Å². The van der Waals surface area contributed by atoms with Gasteiger partial charge in [-0.25, -0.2) is 8.78 Å². The lowest BCUT2D eigenvalue weighted by atomic mass is 10.1. The van der Waals surface area contributed by atoms with Gasteiger partial charge in [0, 0.05) is 24.8 Å². The van der Waals surface area contributed by atoms with Crippen molar-refractivity contribution in [1.82, 2.24) is 5.32 Å². The van der Waals surface area contributed by atoms with Gasteiger partial charge in [0.25, 0.3) is 0 Å². The monoisotopic (exact) mass is 229 g/mol. The molecule has 0 saturated heterocycles. The Kier molecular flexibility index (Phi) is 5.35. The standard InChI is InChI=1S/C12H17F2NO/c1-9(4-5-16)7-15-8-10-2-3-11(13)6-12(10)14/h2-3,6,9,15-16H,4-5,7-8H2,1H3. The zero-order valence-corrected chi connectivity index (χ0v) is 9.34. The summed E-state index contributed by atoms with van der Waals surface area (Å²) in [5.74, 6) is -0.745. The van der Waals surface area contributed by atoms with Crippen LogP contribution in [0.25, 0.3) is 0 Å². The Balaban J connectivity index is 2.37. The summed E-state index contributed by atoms with van der Waals surface area (Å²) in [5.41, 5.74) is 0.456. The molecule has 1 rings (SSSR count). The molecule has 90 valence electrons. The maximum absolute atomic E-state index is 13.2. The van der Waals surface area contributed by atoms with E-state index in [2.05, 4.69) is 5.32 Å². The number of halogens is 2. The van der Waals surface area contributed by atoms with Crippen LogP contribution >= 0.6 is 0 Å². The van der Waals surface area contributed by atoms with Gasteiger partial charge in [0.15, 0.2) is 0 Å². The van der Waals surface area contributed by atoms with Crippen molar-refractivity contribution in [3.05, 3.63) is 35.4 Å². The molecule has 0 fully saturated rings. The fraction of sp³-hybridized carbons (Fsp3) is 0.500. The first kappa shape index (κ1) is 13.1. The number of aliphatic hydroxyl groups is 1. The van der Waals surface area contributed by atoms with E-state index >= 15 is 0 Å². The Labute approximate surface area is 94.3 Å². The first-order valence-electron chi connectivity index (χ1n) is 5.39. The van der Waals surface area contributed by atoms with E-state index in [0.717, 1.165) is 12.5 Å². The van der Waals surface area contributed by atoms with Crippen molar-refractivity contribution in [2.45, 2.75) is 19.9 Å². The maximum atomic E-state index is 13.2. The second kappa shape index (κ2) is 6.55. The molecule has 0 saturated carbocycles. The highest BCUT2D eigenvalue weighted by atomic mass is 19.1. The first-order chi connectivity index (χ1) is 7.63. The molecule has 1 unspecified atom stereocenters. The van der Waals surface area contributed by atoms with Crippen molar-refractivity contribution >= 4 is 0 Å². The van der Waals surface area contributed by atoms with Gasteiger partial charge in [-0.2, -0.15) is 0 Å². The Morgan fingerprint density at radius 3 is 2.75 bits per heavy atom. The lowest BCUT2D eigenvalue weighted by Crippen LogP contribution is -2.21. The number of benzene rings is 1. The lowest BCUT2D eigenvalue weighted by Gasteiger charge is -2.11. The van der Waals surface area contributed by atoms with Crippen LogP contribution in [0.3, 0.4) is 0 Å². The SMILES string of the molecule is CC(CCO)CNCc1ccc(F)cc1F. The van der Waals surface area contributed by atoms with Gasteiger partial charge in [0.2, 0.25) is 0 Å². The largest absolute Gasteiger partial charge is 0.396 e. The summed E-state index contributed by atoms with van der Waals surface area (Å²) in [6.07, 6.45) is 0.721. The zero-order valence-electron chi connectivity index (χ0n) is 9.34. The summed E-state index contributed by atoms with van der Waals surface area (Å²) >= 11 is 0. The molecule has 0 heterocycles. The number of hydrogen-bond acceptors (Lipinski definition) is 2. The molecule has 0 spiro atoms. The average Bonchev–Trinajstić information content (AvgIpc) is 2.22. The van der Waals surface area contributed by atoms with Crippen LogP contribution in [0.2, 0.25) is 0 Å². The minimum Gasteiger partial charge on any atom is -0.396 e. The van der Waals surface area contributed by atoms with Crippen LogP contribution in [0.5, 0.6) is 0 Å². The molecule has 1 atom stereocenters. The molecule has 0 aliphatic heterocycles. The second-order valence-electron chi connectivity index (χ2n) is 3.98. The molecule has 0 aromatic heterocycles. The minimum absolute atomic E-state index is 0.160. The van der Waals surface area contributed by atoms with Crippen LogP contribution in [0.15, 0.2) is 18.2 Å². The van der Waals surface area contributed by atoms with E-state index in [0.29, 0.717) is 24.6 Å². The van der Waals surface area contributed by atoms with Crippen molar-refractivity contribution in [2.75, 3.05) is 13.2 Å². The van der Waals surface area contributed by atoms with E-state index in [1.165, 1.54) is 12.1 Å². The van der Waals surface area contributed by atoms with Gasteiger partial charge >= 0.3 is 0 Å². The van der Waals surface area contributed by atoms with Gasteiger partial charge in [0.05, 0.1) is 0 Å². The number of rotatable bonds is 6. The summed E-state index contributed by atoms with van der Waals surface area (Å²) in [6, 6.07) is 3.57. The van der Waals surface area contributed by atoms with Crippen LogP contribution < -0.4 is 5.32 Å². The topological polar surface area (TPSA) is 32.3 Å². The van der Waals surface area contributed by atoms with Gasteiger partial charge in [-0.1, -0.05) is 13.0 Å². The Morgan fingerprint density at radius 1 is 1.38 bits per heavy atom. The van der Waals surface area contributed by atoms with Gasteiger partial charge in [0.1, 0.15) is 11.6 Å². The van der Waals surface area contributed by atoms with Crippen LogP contribution in [0.4, 0.5) is 8.78 Å². The van der Waals surface area contributed by atoms with Gasteiger partial charge < -0.3 is 10.4 Å². The van der Waals surface area contributed by atoms with Crippen molar-refractivity contribution in [1.29, 1.82) is 0 Å². The molecule has 0 radical (unpaired) electrons. The van der Waals surface area contributed by atoms with Crippen LogP contribution in [-0.2, 0) is 6.54 Å². The summed E-state index contributed by atoms with van der Waals surface area (Å²) in [5, 5.41) is 11.8. The zero-order chi connectivity index (χ0) is 12.0. The highest BCUT2D eigenvalue weighted by Gasteiger charge is 2.04. The fourth-order valence-electron chi connectivity index (χ4n) is 1.44. The maximum Gasteiger partial charge on any atom is 0.130 e. The fourth-order valence-corrected chi connectivity index (χ4v) is 1.44. The third-order valence-corrected chi connectivity index (χ3v) is 2.45. The normalized spacial score (nSPS) is 12.8. The predicted octanol–water partition coefficient (Wildman–Crippen LogP) is 2.07. The molecule has 16 heavy (non-hydrogen) atoms. The number of nitrogens with one attached hydrogen (secondary N) is 1. The van der Waals surface area contributed by atoms with Crippen LogP contribution in [0.1, 0.15) is 18.9 Å². The molecule has 1 aromatic rings. The summed E-state index contributed by atoms with van der Waals surface area (Å²) in [7, 11) is 0. The molecule has 0 aliphatic rings. The molecule has 2 N–H and O–H groups in total. The number of hydrogen-bond donors (Lipinski definition) is 2. The molecular weight excluding hydrogens is 212 g/mol. The highest BCUT2D eigenvalue weighted by Crippen LogP contribution is 2.09. The Morgan fingerprint density at radius 2 is 2.12 bits per heavy atom. The Hall–Kier alpha value is -1.00. The van der Waals surface area contributed by atoms with E-state index < -0.39 is 11.6 Å². The van der Waals surface area contributed by atoms with Gasteiger partial charge in [-0.15, -0.1) is 0 Å². The third-order valence-electron chi connectivity index (χ3n) is 2.45. The Bertz CT molecular complexity index is 331. The number of aliphatic hydroxyl groups excluding tert-OH is 1. The summed E-state index contributed by atoms with van der Waals surface area (Å²) in [4.78, 5) is 0. The molecule has 0 bridgehead atoms. The minimum atomic E-state index is -0.560. The van der Waals surface area contributed by atoms with E-state index in [4.69, 9.17) is 5.11 Å². The third kappa shape index (κ3) is 4.24. The van der Waals surface area contributed by atoms with E-state index in [9.17, 15) is 8.78 Å². The van der Waals surface area contributed by atoms with Crippen LogP contribution in [0, 0.1) is 17.6 Å². The highest BCUT2D eigenvalue weighted by molar-refractivity contribution is 5.18. The quantitative estimate of drug-likeness (QED) is 0.782. The van der Waals surface area contributed by atoms with E-state index in [-0.39, 0.29) is 6.61 Å². The molecule has 2 nitrogen and oxygen atoms in total. The van der Waals surface area contributed by atoms with E-state index in [1.54, 1.807) is 0 Å². The molecule has 0 amide bonds. The van der Waals surface area contributed by atoms with Gasteiger partial charge in [-0.3, -0.25) is 0 Å². The lowest BCUT2D eigenvalue weighted by molar-refractivity contribution is 0.260. The van der Waals surface area contributed by atoms with Gasteiger partial charge in [-0.05, 0) is 24.9 Å². The van der Waals surface area contributed by atoms with Crippen molar-refractivity contribution in [2.24, 2.45) is 5.92 Å². The molecule has 4 heteroatoms.